The molecule has 1 fully saturated rings. The Bertz CT molecular complexity index is 1480. The highest BCUT2D eigenvalue weighted by atomic mass is 35.5. The molecule has 0 spiro atoms. The van der Waals surface area contributed by atoms with Crippen molar-refractivity contribution in [2.24, 2.45) is 0 Å². The summed E-state index contributed by atoms with van der Waals surface area (Å²) < 4.78 is 7.17. The van der Waals surface area contributed by atoms with E-state index >= 15 is 0 Å². The first kappa shape index (κ1) is 25.9. The van der Waals surface area contributed by atoms with E-state index < -0.39 is 0 Å². The van der Waals surface area contributed by atoms with Crippen molar-refractivity contribution >= 4 is 46.2 Å². The quantitative estimate of drug-likeness (QED) is 0.282. The number of hydrogen-bond donors (Lipinski definition) is 2. The molecule has 0 aliphatic carbocycles. The van der Waals surface area contributed by atoms with Crippen LogP contribution in [0.5, 0.6) is 0 Å². The highest BCUT2D eigenvalue weighted by molar-refractivity contribution is 7.80. The van der Waals surface area contributed by atoms with Gasteiger partial charge in [0.25, 0.3) is 0 Å². The lowest BCUT2D eigenvalue weighted by Crippen LogP contribution is -2.29. The van der Waals surface area contributed by atoms with Gasteiger partial charge in [0, 0.05) is 36.1 Å². The SMILES string of the molecule is COCC(=O)Nc1ccc(N2C(=S)N[C@H](c3ccccn3)[C@@H]2c2cc(C)n(-c3ccccc3)c2C)cc1Cl. The zero-order valence-corrected chi connectivity index (χ0v) is 22.9. The van der Waals surface area contributed by atoms with Crippen LogP contribution in [0.2, 0.25) is 5.02 Å². The first-order valence-electron chi connectivity index (χ1n) is 12.2. The van der Waals surface area contributed by atoms with E-state index in [0.717, 1.165) is 34.0 Å². The standard InChI is InChI=1S/C29H28ClN5O2S/c1-18-15-22(19(2)34(18)20-9-5-4-6-10-20)28-27(25-11-7-8-14-31-25)33-29(38)35(28)21-12-13-24(23(30)16-21)32-26(36)17-37-3/h4-16,27-28H,17H2,1-3H3,(H,32,36)(H,33,38)/t27-,28+/m1/s1. The number of pyridine rings is 1. The third-order valence-corrected chi connectivity index (χ3v) is 7.31. The monoisotopic (exact) mass is 545 g/mol. The maximum atomic E-state index is 12.0. The Kier molecular flexibility index (Phi) is 7.46. The van der Waals surface area contributed by atoms with Gasteiger partial charge in [-0.3, -0.25) is 9.78 Å². The predicted octanol–water partition coefficient (Wildman–Crippen LogP) is 5.90. The van der Waals surface area contributed by atoms with Crippen LogP contribution in [0.1, 0.15) is 34.7 Å². The van der Waals surface area contributed by atoms with Gasteiger partial charge >= 0.3 is 0 Å². The third-order valence-electron chi connectivity index (χ3n) is 6.68. The summed E-state index contributed by atoms with van der Waals surface area (Å²) in [5.74, 6) is -0.276. The topological polar surface area (TPSA) is 71.4 Å². The molecule has 2 N–H and O–H groups in total. The Hall–Kier alpha value is -3.72. The number of hydrogen-bond acceptors (Lipinski definition) is 4. The first-order valence-corrected chi connectivity index (χ1v) is 13.0. The zero-order valence-electron chi connectivity index (χ0n) is 21.3. The summed E-state index contributed by atoms with van der Waals surface area (Å²) in [4.78, 5) is 18.8. The number of anilines is 2. The fraction of sp³-hybridized carbons (Fsp3) is 0.207. The number of thiocarbonyl (C=S) groups is 1. The van der Waals surface area contributed by atoms with Crippen LogP contribution in [0.4, 0.5) is 11.4 Å². The van der Waals surface area contributed by atoms with Crippen molar-refractivity contribution in [1.82, 2.24) is 14.9 Å². The highest BCUT2D eigenvalue weighted by Crippen LogP contribution is 2.44. The number of carbonyl (C=O) groups excluding carboxylic acids is 1. The van der Waals surface area contributed by atoms with Crippen molar-refractivity contribution in [3.05, 3.63) is 107 Å². The average Bonchev–Trinajstić information content (AvgIpc) is 3.41. The molecule has 0 unspecified atom stereocenters. The Morgan fingerprint density at radius 1 is 1.08 bits per heavy atom. The molecule has 2 atom stereocenters. The van der Waals surface area contributed by atoms with Crippen molar-refractivity contribution in [1.29, 1.82) is 0 Å². The number of nitrogens with one attached hydrogen (secondary N) is 2. The van der Waals surface area contributed by atoms with Crippen LogP contribution in [-0.4, -0.2) is 34.3 Å². The number of aromatic nitrogens is 2. The molecule has 0 radical (unpaired) electrons. The van der Waals surface area contributed by atoms with E-state index in [1.54, 1.807) is 12.3 Å². The smallest absolute Gasteiger partial charge is 0.250 e. The van der Waals surface area contributed by atoms with Crippen molar-refractivity contribution in [3.63, 3.8) is 0 Å². The third kappa shape index (κ3) is 4.90. The largest absolute Gasteiger partial charge is 0.375 e. The second-order valence-corrected chi connectivity index (χ2v) is 9.93. The molecule has 194 valence electrons. The van der Waals surface area contributed by atoms with Gasteiger partial charge in [-0.2, -0.15) is 0 Å². The van der Waals surface area contributed by atoms with Gasteiger partial charge < -0.3 is 24.8 Å². The number of rotatable bonds is 7. The van der Waals surface area contributed by atoms with Crippen molar-refractivity contribution < 1.29 is 9.53 Å². The maximum Gasteiger partial charge on any atom is 0.250 e. The second-order valence-electron chi connectivity index (χ2n) is 9.14. The van der Waals surface area contributed by atoms with E-state index in [-0.39, 0.29) is 24.6 Å². The van der Waals surface area contributed by atoms with E-state index in [1.807, 2.05) is 48.5 Å². The minimum absolute atomic E-state index is 0.0525. The summed E-state index contributed by atoms with van der Waals surface area (Å²) in [6.45, 7) is 4.19. The van der Waals surface area contributed by atoms with E-state index in [4.69, 9.17) is 28.6 Å². The normalized spacial score (nSPS) is 16.9. The molecular formula is C29H28ClN5O2S. The van der Waals surface area contributed by atoms with Crippen molar-refractivity contribution in [2.45, 2.75) is 25.9 Å². The van der Waals surface area contributed by atoms with Crippen LogP contribution >= 0.6 is 23.8 Å². The molecule has 2 aromatic heterocycles. The summed E-state index contributed by atoms with van der Waals surface area (Å²) in [7, 11) is 1.47. The summed E-state index contributed by atoms with van der Waals surface area (Å²) in [5.41, 5.74) is 6.67. The first-order chi connectivity index (χ1) is 18.4. The number of halogens is 1. The Morgan fingerprint density at radius 3 is 2.53 bits per heavy atom. The Labute approximate surface area is 232 Å². The number of nitrogens with zero attached hydrogens (tertiary/aromatic N) is 3. The van der Waals surface area contributed by atoms with E-state index in [0.29, 0.717) is 15.8 Å². The summed E-state index contributed by atoms with van der Waals surface area (Å²) in [5, 5.41) is 7.26. The maximum absolute atomic E-state index is 12.0. The summed E-state index contributed by atoms with van der Waals surface area (Å²) >= 11 is 12.5. The number of carbonyl (C=O) groups is 1. The number of methoxy groups -OCH3 is 1. The molecule has 1 aliphatic rings. The molecule has 2 aromatic carbocycles. The molecule has 0 bridgehead atoms. The lowest BCUT2D eigenvalue weighted by molar-refractivity contribution is -0.119. The lowest BCUT2D eigenvalue weighted by Gasteiger charge is -2.28. The molecular weight excluding hydrogens is 518 g/mol. The second kappa shape index (κ2) is 10.9. The molecule has 0 saturated carbocycles. The van der Waals surface area contributed by atoms with Crippen LogP contribution in [0.15, 0.2) is 79.0 Å². The Morgan fingerprint density at radius 2 is 1.84 bits per heavy atom. The van der Waals surface area contributed by atoms with Crippen molar-refractivity contribution in [2.75, 3.05) is 23.9 Å². The molecule has 1 aliphatic heterocycles. The van der Waals surface area contributed by atoms with Gasteiger partial charge in [-0.05, 0) is 80.2 Å². The van der Waals surface area contributed by atoms with Gasteiger partial charge in [0.05, 0.1) is 28.5 Å². The minimum Gasteiger partial charge on any atom is -0.375 e. The van der Waals surface area contributed by atoms with Crippen LogP contribution < -0.4 is 15.5 Å². The van der Waals surface area contributed by atoms with Crippen LogP contribution in [0.3, 0.4) is 0 Å². The number of benzene rings is 2. The number of ether oxygens (including phenoxy) is 1. The molecule has 1 saturated heterocycles. The van der Waals surface area contributed by atoms with Crippen LogP contribution in [0, 0.1) is 13.8 Å². The van der Waals surface area contributed by atoms with E-state index in [2.05, 4.69) is 57.1 Å². The van der Waals surface area contributed by atoms with Crippen LogP contribution in [-0.2, 0) is 9.53 Å². The fourth-order valence-corrected chi connectivity index (χ4v) is 5.65. The van der Waals surface area contributed by atoms with Gasteiger partial charge in [0.15, 0.2) is 5.11 Å². The van der Waals surface area contributed by atoms with Gasteiger partial charge in [-0.1, -0.05) is 35.9 Å². The average molecular weight is 546 g/mol. The molecule has 1 amide bonds. The molecule has 7 nitrogen and oxygen atoms in total. The minimum atomic E-state index is -0.276. The van der Waals surface area contributed by atoms with E-state index in [9.17, 15) is 4.79 Å². The van der Waals surface area contributed by atoms with E-state index in [1.165, 1.54) is 7.11 Å². The van der Waals surface area contributed by atoms with Gasteiger partial charge in [0.2, 0.25) is 5.91 Å². The van der Waals surface area contributed by atoms with Crippen molar-refractivity contribution in [3.8, 4) is 5.69 Å². The number of aryl methyl sites for hydroxylation is 1. The van der Waals surface area contributed by atoms with Gasteiger partial charge in [-0.25, -0.2) is 0 Å². The Balaban J connectivity index is 1.60. The predicted molar refractivity (Wildman–Crippen MR) is 155 cm³/mol. The molecule has 4 aromatic rings. The van der Waals surface area contributed by atoms with Crippen LogP contribution in [0.25, 0.3) is 5.69 Å². The lowest BCUT2D eigenvalue weighted by atomic mass is 9.96. The molecule has 9 heteroatoms. The number of amides is 1. The molecule has 3 heterocycles. The molecule has 38 heavy (non-hydrogen) atoms. The van der Waals surface area contributed by atoms with Gasteiger partial charge in [-0.15, -0.1) is 0 Å². The van der Waals surface area contributed by atoms with Gasteiger partial charge in [0.1, 0.15) is 6.61 Å². The highest BCUT2D eigenvalue weighted by Gasteiger charge is 2.42. The fourth-order valence-electron chi connectivity index (χ4n) is 5.08. The zero-order chi connectivity index (χ0) is 26.8. The number of para-hydroxylation sites is 1. The summed E-state index contributed by atoms with van der Waals surface area (Å²) in [6.07, 6.45) is 1.79. The molecule has 5 rings (SSSR count). The summed E-state index contributed by atoms with van der Waals surface area (Å²) in [6, 6.07) is 23.5.